The van der Waals surface area contributed by atoms with E-state index in [9.17, 15) is 0 Å². The molecule has 2 aromatic carbocycles. The lowest BCUT2D eigenvalue weighted by Gasteiger charge is -2.05. The number of benzene rings is 2. The van der Waals surface area contributed by atoms with Crippen LogP contribution in [0, 0.1) is 6.92 Å². The molecule has 0 aliphatic rings. The van der Waals surface area contributed by atoms with Gasteiger partial charge >= 0.3 is 0 Å². The van der Waals surface area contributed by atoms with E-state index >= 15 is 0 Å². The molecule has 0 aliphatic heterocycles. The molecule has 0 saturated carbocycles. The number of rotatable bonds is 1. The van der Waals surface area contributed by atoms with Crippen LogP contribution in [0.1, 0.15) is 5.82 Å². The predicted octanol–water partition coefficient (Wildman–Crippen LogP) is 4.16. The van der Waals surface area contributed by atoms with Crippen molar-refractivity contribution in [3.63, 3.8) is 0 Å². The summed E-state index contributed by atoms with van der Waals surface area (Å²) in [6.07, 6.45) is 1.99. The van der Waals surface area contributed by atoms with Crippen molar-refractivity contribution < 1.29 is 0 Å². The number of aromatic nitrogens is 5. The number of fused-ring (bicyclic) bond motifs is 6. The zero-order valence-corrected chi connectivity index (χ0v) is 13.6. The van der Waals surface area contributed by atoms with Gasteiger partial charge in [0.25, 0.3) is 0 Å². The Labute approximate surface area is 142 Å². The van der Waals surface area contributed by atoms with Gasteiger partial charge in [0.1, 0.15) is 11.5 Å². The van der Waals surface area contributed by atoms with Gasteiger partial charge in [0, 0.05) is 22.2 Å². The minimum Gasteiger partial charge on any atom is -0.267 e. The molecular weight excluding hydrogens is 322 g/mol. The Morgan fingerprint density at radius 2 is 1.75 bits per heavy atom. The zero-order chi connectivity index (χ0) is 16.3. The second-order valence-corrected chi connectivity index (χ2v) is 6.16. The van der Waals surface area contributed by atoms with Gasteiger partial charge in [-0.15, -0.1) is 10.2 Å². The first kappa shape index (κ1) is 13.5. The summed E-state index contributed by atoms with van der Waals surface area (Å²) in [5.41, 5.74) is 3.82. The lowest BCUT2D eigenvalue weighted by atomic mass is 10.2. The van der Waals surface area contributed by atoms with Gasteiger partial charge in [0.2, 0.25) is 5.78 Å². The standard InChI is InChI=1S/C18H12ClN5/c1-11-21-22-18-23-10-15(12-6-8-13(19)9-7-12)20-17(23)14-4-2-3-5-16(14)24(11)18/h2-10H,1H3. The molecule has 6 heteroatoms. The normalized spacial score (nSPS) is 11.8. The third-order valence-electron chi connectivity index (χ3n) is 4.26. The minimum atomic E-state index is 0.712. The Hall–Kier alpha value is -2.92. The Balaban J connectivity index is 1.94. The first-order valence-electron chi connectivity index (χ1n) is 7.60. The SMILES string of the molecule is Cc1nnc2n3cc(-c4ccc(Cl)cc4)nc3c3ccccc3n12. The van der Waals surface area contributed by atoms with E-state index in [-0.39, 0.29) is 0 Å². The predicted molar refractivity (Wildman–Crippen MR) is 94.4 cm³/mol. The van der Waals surface area contributed by atoms with Crippen molar-refractivity contribution in [3.05, 3.63) is 65.6 Å². The van der Waals surface area contributed by atoms with Gasteiger partial charge in [-0.3, -0.25) is 8.80 Å². The van der Waals surface area contributed by atoms with Crippen molar-refractivity contribution in [1.29, 1.82) is 0 Å². The topological polar surface area (TPSA) is 47.5 Å². The molecule has 3 aromatic heterocycles. The second kappa shape index (κ2) is 4.79. The van der Waals surface area contributed by atoms with E-state index in [0.29, 0.717) is 5.02 Å². The highest BCUT2D eigenvalue weighted by molar-refractivity contribution is 6.30. The maximum Gasteiger partial charge on any atom is 0.241 e. The van der Waals surface area contributed by atoms with Gasteiger partial charge in [-0.25, -0.2) is 4.98 Å². The van der Waals surface area contributed by atoms with Crippen LogP contribution in [0.2, 0.25) is 5.02 Å². The number of nitrogens with zero attached hydrogens (tertiary/aromatic N) is 5. The Bertz CT molecular complexity index is 1220. The highest BCUT2D eigenvalue weighted by Gasteiger charge is 2.15. The molecule has 0 aliphatic carbocycles. The van der Waals surface area contributed by atoms with E-state index in [4.69, 9.17) is 16.6 Å². The fourth-order valence-corrected chi connectivity index (χ4v) is 3.26. The number of hydrogen-bond acceptors (Lipinski definition) is 3. The van der Waals surface area contributed by atoms with Crippen LogP contribution in [-0.4, -0.2) is 24.0 Å². The summed E-state index contributed by atoms with van der Waals surface area (Å²) in [5.74, 6) is 1.61. The molecule has 0 N–H and O–H groups in total. The molecule has 116 valence electrons. The van der Waals surface area contributed by atoms with Crippen molar-refractivity contribution in [2.45, 2.75) is 6.92 Å². The number of aryl methyl sites for hydroxylation is 1. The molecule has 0 saturated heterocycles. The van der Waals surface area contributed by atoms with E-state index in [1.807, 2.05) is 53.9 Å². The minimum absolute atomic E-state index is 0.712. The molecule has 0 amide bonds. The molecule has 0 fully saturated rings. The first-order chi connectivity index (χ1) is 11.7. The largest absolute Gasteiger partial charge is 0.267 e. The van der Waals surface area contributed by atoms with Crippen LogP contribution in [0.4, 0.5) is 0 Å². The van der Waals surface area contributed by atoms with E-state index in [2.05, 4.69) is 26.7 Å². The second-order valence-electron chi connectivity index (χ2n) is 5.73. The number of hydrogen-bond donors (Lipinski definition) is 0. The molecular formula is C18H12ClN5. The van der Waals surface area contributed by atoms with E-state index in [1.165, 1.54) is 0 Å². The lowest BCUT2D eigenvalue weighted by Crippen LogP contribution is -1.98. The first-order valence-corrected chi connectivity index (χ1v) is 7.97. The Morgan fingerprint density at radius 1 is 0.958 bits per heavy atom. The fourth-order valence-electron chi connectivity index (χ4n) is 3.13. The van der Waals surface area contributed by atoms with Crippen molar-refractivity contribution in [1.82, 2.24) is 24.0 Å². The maximum atomic E-state index is 5.99. The van der Waals surface area contributed by atoms with Crippen molar-refractivity contribution in [3.8, 4) is 11.3 Å². The summed E-state index contributed by atoms with van der Waals surface area (Å²) < 4.78 is 4.04. The van der Waals surface area contributed by atoms with E-state index < -0.39 is 0 Å². The average Bonchev–Trinajstić information content (AvgIpc) is 3.20. The van der Waals surface area contributed by atoms with Crippen molar-refractivity contribution in [2.24, 2.45) is 0 Å². The Kier molecular flexibility index (Phi) is 2.69. The molecule has 5 nitrogen and oxygen atoms in total. The van der Waals surface area contributed by atoms with Crippen LogP contribution in [0.3, 0.4) is 0 Å². The summed E-state index contributed by atoms with van der Waals surface area (Å²) in [4.78, 5) is 4.84. The van der Waals surface area contributed by atoms with Gasteiger partial charge < -0.3 is 0 Å². The quantitative estimate of drug-likeness (QED) is 0.463. The van der Waals surface area contributed by atoms with Gasteiger partial charge in [-0.05, 0) is 31.2 Å². The molecule has 3 heterocycles. The zero-order valence-electron chi connectivity index (χ0n) is 12.8. The smallest absolute Gasteiger partial charge is 0.241 e. The molecule has 0 bridgehead atoms. The van der Waals surface area contributed by atoms with Crippen LogP contribution in [0.25, 0.3) is 33.6 Å². The van der Waals surface area contributed by atoms with Crippen LogP contribution in [0.15, 0.2) is 54.7 Å². The summed E-state index contributed by atoms with van der Waals surface area (Å²) >= 11 is 5.99. The van der Waals surface area contributed by atoms with E-state index in [0.717, 1.165) is 39.4 Å². The van der Waals surface area contributed by atoms with Crippen LogP contribution in [0.5, 0.6) is 0 Å². The third kappa shape index (κ3) is 1.79. The van der Waals surface area contributed by atoms with Crippen LogP contribution < -0.4 is 0 Å². The van der Waals surface area contributed by atoms with Gasteiger partial charge in [0.15, 0.2) is 0 Å². The van der Waals surface area contributed by atoms with Crippen LogP contribution >= 0.6 is 11.6 Å². The fraction of sp³-hybridized carbons (Fsp3) is 0.0556. The number of imidazole rings is 1. The molecule has 5 rings (SSSR count). The van der Waals surface area contributed by atoms with Crippen molar-refractivity contribution >= 4 is 33.9 Å². The lowest BCUT2D eigenvalue weighted by molar-refractivity contribution is 1.02. The Morgan fingerprint density at radius 3 is 2.58 bits per heavy atom. The van der Waals surface area contributed by atoms with Gasteiger partial charge in [-0.1, -0.05) is 35.9 Å². The van der Waals surface area contributed by atoms with Crippen molar-refractivity contribution in [2.75, 3.05) is 0 Å². The molecule has 24 heavy (non-hydrogen) atoms. The summed E-state index contributed by atoms with van der Waals surface area (Å²) in [5, 5.41) is 10.3. The maximum absolute atomic E-state index is 5.99. The summed E-state index contributed by atoms with van der Waals surface area (Å²) in [6.45, 7) is 1.95. The van der Waals surface area contributed by atoms with Gasteiger partial charge in [-0.2, -0.15) is 0 Å². The number of halogens is 1. The molecule has 0 radical (unpaired) electrons. The third-order valence-corrected chi connectivity index (χ3v) is 4.51. The highest BCUT2D eigenvalue weighted by Crippen LogP contribution is 2.27. The molecule has 0 spiro atoms. The highest BCUT2D eigenvalue weighted by atomic mass is 35.5. The molecule has 0 atom stereocenters. The van der Waals surface area contributed by atoms with Crippen LogP contribution in [-0.2, 0) is 0 Å². The van der Waals surface area contributed by atoms with E-state index in [1.54, 1.807) is 0 Å². The average molecular weight is 334 g/mol. The van der Waals surface area contributed by atoms with Gasteiger partial charge in [0.05, 0.1) is 11.2 Å². The summed E-state index contributed by atoms with van der Waals surface area (Å²) in [7, 11) is 0. The summed E-state index contributed by atoms with van der Waals surface area (Å²) in [6, 6.07) is 15.9. The monoisotopic (exact) mass is 333 g/mol. The number of para-hydroxylation sites is 1. The molecule has 0 unspecified atom stereocenters. The molecule has 5 aromatic rings.